The van der Waals surface area contributed by atoms with Crippen LogP contribution in [-0.4, -0.2) is 36.0 Å². The number of hydrogen-bond donors (Lipinski definition) is 2. The van der Waals surface area contributed by atoms with Gasteiger partial charge in [-0.05, 0) is 43.0 Å². The molecule has 1 aromatic carbocycles. The molecule has 0 radical (unpaired) electrons. The van der Waals surface area contributed by atoms with E-state index < -0.39 is 17.9 Å². The van der Waals surface area contributed by atoms with Gasteiger partial charge in [-0.25, -0.2) is 4.39 Å². The van der Waals surface area contributed by atoms with Crippen LogP contribution in [0.4, 0.5) is 4.39 Å². The average molecular weight is 323 g/mol. The van der Waals surface area contributed by atoms with Gasteiger partial charge in [0.25, 0.3) is 0 Å². The van der Waals surface area contributed by atoms with Crippen molar-refractivity contribution in [2.45, 2.75) is 38.5 Å². The molecule has 2 amide bonds. The molecule has 0 spiro atoms. The third-order valence-electron chi connectivity index (χ3n) is 4.11. The van der Waals surface area contributed by atoms with E-state index in [1.54, 1.807) is 6.07 Å². The van der Waals surface area contributed by atoms with E-state index in [4.69, 9.17) is 16.2 Å². The molecule has 0 aliphatic carbocycles. The normalized spacial score (nSPS) is 21.3. The van der Waals surface area contributed by atoms with Gasteiger partial charge in [-0.3, -0.25) is 9.59 Å². The Labute approximate surface area is 134 Å². The van der Waals surface area contributed by atoms with Gasteiger partial charge in [0.2, 0.25) is 0 Å². The number of nitrogens with zero attached hydrogens (tertiary/aromatic N) is 1. The number of hydrogen-bond acceptors (Lipinski definition) is 4. The van der Waals surface area contributed by atoms with Crippen LogP contribution in [0.3, 0.4) is 0 Å². The van der Waals surface area contributed by atoms with E-state index in [9.17, 15) is 14.0 Å². The molecule has 1 saturated heterocycles. The van der Waals surface area contributed by atoms with Crippen molar-refractivity contribution in [2.75, 3.05) is 13.2 Å². The first kappa shape index (κ1) is 17.4. The number of benzene rings is 1. The summed E-state index contributed by atoms with van der Waals surface area (Å²) in [5.74, 6) is -2.13. The number of halogens is 1. The molecule has 1 heterocycles. The minimum atomic E-state index is -0.999. The first-order valence-corrected chi connectivity index (χ1v) is 7.68. The summed E-state index contributed by atoms with van der Waals surface area (Å²) in [4.78, 5) is 24.9. The van der Waals surface area contributed by atoms with Crippen molar-refractivity contribution in [3.05, 3.63) is 35.1 Å². The van der Waals surface area contributed by atoms with Gasteiger partial charge < -0.3 is 21.1 Å². The van der Waals surface area contributed by atoms with Crippen LogP contribution < -0.4 is 11.5 Å². The minimum Gasteiger partial charge on any atom is -0.378 e. The summed E-state index contributed by atoms with van der Waals surface area (Å²) >= 11 is 0. The van der Waals surface area contributed by atoms with Crippen molar-refractivity contribution in [1.82, 2.24) is 4.90 Å². The van der Waals surface area contributed by atoms with Crippen LogP contribution in [0.2, 0.25) is 0 Å². The second-order valence-corrected chi connectivity index (χ2v) is 5.53. The van der Waals surface area contributed by atoms with Crippen LogP contribution in [0.25, 0.3) is 0 Å². The standard InChI is InChI=1S/C16H22FN3O3/c1-2-23-12-5-6-20(16(22)15(19)21)14(8-12)13-4-3-11(17)7-10(13)9-18/h3-4,7,12,14H,2,5-6,8-9,18H2,1H3,(H2,19,21). The number of primary amides is 1. The Morgan fingerprint density at radius 1 is 1.43 bits per heavy atom. The van der Waals surface area contributed by atoms with Crippen molar-refractivity contribution in [3.63, 3.8) is 0 Å². The zero-order chi connectivity index (χ0) is 17.0. The molecule has 6 nitrogen and oxygen atoms in total. The molecule has 7 heteroatoms. The molecule has 2 atom stereocenters. The summed E-state index contributed by atoms with van der Waals surface area (Å²) in [6, 6.07) is 3.88. The molecule has 2 unspecified atom stereocenters. The Morgan fingerprint density at radius 3 is 2.78 bits per heavy atom. The van der Waals surface area contributed by atoms with Crippen molar-refractivity contribution >= 4 is 11.8 Å². The fourth-order valence-electron chi connectivity index (χ4n) is 3.08. The number of likely N-dealkylation sites (tertiary alicyclic amines) is 1. The lowest BCUT2D eigenvalue weighted by Crippen LogP contribution is -2.48. The van der Waals surface area contributed by atoms with Gasteiger partial charge in [0.1, 0.15) is 5.82 Å². The zero-order valence-electron chi connectivity index (χ0n) is 13.1. The summed E-state index contributed by atoms with van der Waals surface area (Å²) in [6.07, 6.45) is 1.12. The van der Waals surface area contributed by atoms with Crippen molar-refractivity contribution < 1.29 is 18.7 Å². The van der Waals surface area contributed by atoms with Crippen LogP contribution in [0.15, 0.2) is 18.2 Å². The summed E-state index contributed by atoms with van der Waals surface area (Å²) in [7, 11) is 0. The Hall–Kier alpha value is -1.99. The number of carbonyl (C=O) groups is 2. The lowest BCUT2D eigenvalue weighted by molar-refractivity contribution is -0.148. The van der Waals surface area contributed by atoms with Gasteiger partial charge in [-0.2, -0.15) is 0 Å². The summed E-state index contributed by atoms with van der Waals surface area (Å²) in [5.41, 5.74) is 12.2. The smallest absolute Gasteiger partial charge is 0.312 e. The Kier molecular flexibility index (Phi) is 5.68. The molecule has 0 bridgehead atoms. The summed E-state index contributed by atoms with van der Waals surface area (Å²) < 4.78 is 19.1. The molecule has 4 N–H and O–H groups in total. The van der Waals surface area contributed by atoms with Gasteiger partial charge >= 0.3 is 11.8 Å². The maximum Gasteiger partial charge on any atom is 0.312 e. The fraction of sp³-hybridized carbons (Fsp3) is 0.500. The van der Waals surface area contributed by atoms with Gasteiger partial charge in [0, 0.05) is 19.7 Å². The zero-order valence-corrected chi connectivity index (χ0v) is 13.1. The molecule has 1 aromatic rings. The predicted octanol–water partition coefficient (Wildman–Crippen LogP) is 0.838. The number of piperidine rings is 1. The number of nitrogens with two attached hydrogens (primary N) is 2. The highest BCUT2D eigenvalue weighted by Crippen LogP contribution is 2.34. The van der Waals surface area contributed by atoms with Gasteiger partial charge in [0.05, 0.1) is 12.1 Å². The summed E-state index contributed by atoms with van der Waals surface area (Å²) in [6.45, 7) is 2.97. The van der Waals surface area contributed by atoms with Crippen molar-refractivity contribution in [1.29, 1.82) is 0 Å². The molecule has 2 rings (SSSR count). The van der Waals surface area contributed by atoms with Gasteiger partial charge in [-0.1, -0.05) is 6.07 Å². The molecule has 23 heavy (non-hydrogen) atoms. The Morgan fingerprint density at radius 2 is 2.17 bits per heavy atom. The molecular formula is C16H22FN3O3. The summed E-state index contributed by atoms with van der Waals surface area (Å²) in [5, 5.41) is 0. The third kappa shape index (κ3) is 3.86. The maximum atomic E-state index is 13.4. The van der Waals surface area contributed by atoms with Gasteiger partial charge in [0.15, 0.2) is 0 Å². The molecule has 1 fully saturated rings. The highest BCUT2D eigenvalue weighted by atomic mass is 19.1. The monoisotopic (exact) mass is 323 g/mol. The van der Waals surface area contributed by atoms with E-state index in [2.05, 4.69) is 0 Å². The predicted molar refractivity (Wildman–Crippen MR) is 82.6 cm³/mol. The second-order valence-electron chi connectivity index (χ2n) is 5.53. The second kappa shape index (κ2) is 7.52. The Balaban J connectivity index is 2.38. The average Bonchev–Trinajstić information content (AvgIpc) is 2.54. The largest absolute Gasteiger partial charge is 0.378 e. The van der Waals surface area contributed by atoms with Crippen LogP contribution in [0.1, 0.15) is 36.9 Å². The van der Waals surface area contributed by atoms with E-state index in [0.29, 0.717) is 31.6 Å². The van der Waals surface area contributed by atoms with Crippen LogP contribution in [0.5, 0.6) is 0 Å². The fourth-order valence-corrected chi connectivity index (χ4v) is 3.08. The molecule has 0 aromatic heterocycles. The topological polar surface area (TPSA) is 98.6 Å². The van der Waals surface area contributed by atoms with Crippen LogP contribution >= 0.6 is 0 Å². The molecule has 1 aliphatic rings. The van der Waals surface area contributed by atoms with Crippen molar-refractivity contribution in [3.8, 4) is 0 Å². The van der Waals surface area contributed by atoms with E-state index in [-0.39, 0.29) is 18.5 Å². The maximum absolute atomic E-state index is 13.4. The number of rotatable bonds is 4. The number of ether oxygens (including phenoxy) is 1. The highest BCUT2D eigenvalue weighted by molar-refractivity contribution is 6.34. The first-order valence-electron chi connectivity index (χ1n) is 7.68. The first-order chi connectivity index (χ1) is 11.0. The Bertz CT molecular complexity index is 594. The quantitative estimate of drug-likeness (QED) is 0.802. The highest BCUT2D eigenvalue weighted by Gasteiger charge is 2.35. The lowest BCUT2D eigenvalue weighted by Gasteiger charge is -2.39. The number of carbonyl (C=O) groups excluding carboxylic acids is 2. The lowest BCUT2D eigenvalue weighted by atomic mass is 9.90. The molecular weight excluding hydrogens is 301 g/mol. The SMILES string of the molecule is CCOC1CCN(C(=O)C(N)=O)C(c2ccc(F)cc2CN)C1. The van der Waals surface area contributed by atoms with Crippen molar-refractivity contribution in [2.24, 2.45) is 11.5 Å². The van der Waals surface area contributed by atoms with E-state index in [1.165, 1.54) is 17.0 Å². The van der Waals surface area contributed by atoms with Crippen LogP contribution in [-0.2, 0) is 20.9 Å². The minimum absolute atomic E-state index is 0.0300. The molecule has 0 saturated carbocycles. The van der Waals surface area contributed by atoms with Crippen LogP contribution in [0, 0.1) is 5.82 Å². The van der Waals surface area contributed by atoms with Gasteiger partial charge in [-0.15, -0.1) is 0 Å². The van der Waals surface area contributed by atoms with E-state index in [1.807, 2.05) is 6.92 Å². The van der Waals surface area contributed by atoms with E-state index in [0.717, 1.165) is 5.56 Å². The molecule has 1 aliphatic heterocycles. The third-order valence-corrected chi connectivity index (χ3v) is 4.11. The number of amides is 2. The van der Waals surface area contributed by atoms with E-state index >= 15 is 0 Å². The molecule has 126 valence electrons.